The summed E-state index contributed by atoms with van der Waals surface area (Å²) in [7, 11) is 0. The number of hydrogen-bond donors (Lipinski definition) is 1. The minimum absolute atomic E-state index is 0.725. The van der Waals surface area contributed by atoms with E-state index in [2.05, 4.69) is 11.4 Å². The number of fused-ring (bicyclic) bond motifs is 1. The molecule has 0 saturated heterocycles. The summed E-state index contributed by atoms with van der Waals surface area (Å²) in [6.07, 6.45) is 0. The van der Waals surface area contributed by atoms with Crippen molar-refractivity contribution in [2.24, 2.45) is 0 Å². The summed E-state index contributed by atoms with van der Waals surface area (Å²) in [6, 6.07) is 6.15. The van der Waals surface area contributed by atoms with Gasteiger partial charge in [-0.15, -0.1) is 11.8 Å². The normalized spacial score (nSPS) is 13.8. The van der Waals surface area contributed by atoms with E-state index in [0.29, 0.717) is 0 Å². The fourth-order valence-corrected chi connectivity index (χ4v) is 2.13. The molecular weight excluding hydrogens is 170 g/mol. The van der Waals surface area contributed by atoms with E-state index in [0.717, 1.165) is 23.9 Å². The lowest BCUT2D eigenvalue weighted by Gasteiger charge is -2.07. The van der Waals surface area contributed by atoms with Gasteiger partial charge in [-0.2, -0.15) is 0 Å². The first-order valence-corrected chi connectivity index (χ1v) is 5.03. The Morgan fingerprint density at radius 2 is 2.50 bits per heavy atom. The van der Waals surface area contributed by atoms with E-state index in [1.54, 1.807) is 0 Å². The van der Waals surface area contributed by atoms with Crippen LogP contribution in [0.15, 0.2) is 23.1 Å². The van der Waals surface area contributed by atoms with Crippen molar-refractivity contribution in [3.63, 3.8) is 0 Å². The third kappa shape index (κ3) is 1.25. The summed E-state index contributed by atoms with van der Waals surface area (Å²) in [5.41, 5.74) is 1.16. The zero-order chi connectivity index (χ0) is 8.39. The fraction of sp³-hybridized carbons (Fsp3) is 0.333. The maximum atomic E-state index is 5.47. The van der Waals surface area contributed by atoms with Gasteiger partial charge in [0.25, 0.3) is 0 Å². The van der Waals surface area contributed by atoms with Crippen molar-refractivity contribution >= 4 is 17.4 Å². The highest BCUT2D eigenvalue weighted by Crippen LogP contribution is 2.40. The third-order valence-corrected chi connectivity index (χ3v) is 2.70. The van der Waals surface area contributed by atoms with Crippen molar-refractivity contribution in [1.82, 2.24) is 0 Å². The molecule has 1 aromatic rings. The Morgan fingerprint density at radius 3 is 3.33 bits per heavy atom. The molecule has 0 aromatic heterocycles. The summed E-state index contributed by atoms with van der Waals surface area (Å²) in [5.74, 6) is 1.93. The highest BCUT2D eigenvalue weighted by Gasteiger charge is 2.14. The minimum atomic E-state index is 0.725. The van der Waals surface area contributed by atoms with Crippen LogP contribution in [0.3, 0.4) is 0 Å². The summed E-state index contributed by atoms with van der Waals surface area (Å²) < 4.78 is 5.47. The molecule has 1 heterocycles. The Hall–Kier alpha value is -0.830. The highest BCUT2D eigenvalue weighted by atomic mass is 32.2. The quantitative estimate of drug-likeness (QED) is 0.757. The van der Waals surface area contributed by atoms with E-state index in [1.165, 1.54) is 4.90 Å². The van der Waals surface area contributed by atoms with Crippen LogP contribution in [0.1, 0.15) is 6.92 Å². The molecular formula is C9H11NOS. The predicted molar refractivity (Wildman–Crippen MR) is 52.0 cm³/mol. The number of nitrogens with one attached hydrogen (secondary N) is 1. The van der Waals surface area contributed by atoms with Gasteiger partial charge in [0.05, 0.1) is 18.2 Å². The lowest BCUT2D eigenvalue weighted by atomic mass is 10.3. The Balaban J connectivity index is 2.36. The van der Waals surface area contributed by atoms with Crippen molar-refractivity contribution < 1.29 is 4.74 Å². The van der Waals surface area contributed by atoms with Gasteiger partial charge in [0.15, 0.2) is 0 Å². The molecule has 0 spiro atoms. The fourth-order valence-electron chi connectivity index (χ4n) is 1.27. The first-order chi connectivity index (χ1) is 5.92. The van der Waals surface area contributed by atoms with E-state index in [9.17, 15) is 0 Å². The zero-order valence-corrected chi connectivity index (χ0v) is 7.78. The topological polar surface area (TPSA) is 21.3 Å². The van der Waals surface area contributed by atoms with E-state index in [4.69, 9.17) is 4.74 Å². The van der Waals surface area contributed by atoms with E-state index >= 15 is 0 Å². The summed E-state index contributed by atoms with van der Waals surface area (Å²) in [6.45, 7) is 2.73. The van der Waals surface area contributed by atoms with Crippen LogP contribution in [0.5, 0.6) is 5.75 Å². The predicted octanol–water partition coefficient (Wildman–Crippen LogP) is 2.56. The smallest absolute Gasteiger partial charge is 0.143 e. The maximum Gasteiger partial charge on any atom is 0.143 e. The van der Waals surface area contributed by atoms with Crippen molar-refractivity contribution in [1.29, 1.82) is 0 Å². The molecule has 0 atom stereocenters. The molecule has 0 unspecified atom stereocenters. The second kappa shape index (κ2) is 3.27. The number of benzene rings is 1. The van der Waals surface area contributed by atoms with Gasteiger partial charge in [0, 0.05) is 4.90 Å². The molecule has 12 heavy (non-hydrogen) atoms. The molecule has 0 bridgehead atoms. The molecule has 0 amide bonds. The van der Waals surface area contributed by atoms with Crippen LogP contribution < -0.4 is 10.1 Å². The van der Waals surface area contributed by atoms with Crippen LogP contribution in [-0.2, 0) is 0 Å². The van der Waals surface area contributed by atoms with Crippen LogP contribution in [0.2, 0.25) is 0 Å². The van der Waals surface area contributed by atoms with Crippen molar-refractivity contribution in [2.75, 3.05) is 17.8 Å². The number of rotatable bonds is 2. The lowest BCUT2D eigenvalue weighted by Crippen LogP contribution is -1.96. The van der Waals surface area contributed by atoms with Gasteiger partial charge in [-0.25, -0.2) is 0 Å². The van der Waals surface area contributed by atoms with Gasteiger partial charge in [0.1, 0.15) is 5.75 Å². The van der Waals surface area contributed by atoms with Gasteiger partial charge in [-0.05, 0) is 19.1 Å². The number of anilines is 1. The van der Waals surface area contributed by atoms with Gasteiger partial charge in [-0.3, -0.25) is 0 Å². The van der Waals surface area contributed by atoms with Gasteiger partial charge in [-0.1, -0.05) is 6.07 Å². The molecule has 0 saturated carbocycles. The highest BCUT2D eigenvalue weighted by molar-refractivity contribution is 7.99. The molecule has 2 nitrogen and oxygen atoms in total. The first kappa shape index (κ1) is 7.80. The number of hydrogen-bond acceptors (Lipinski definition) is 3. The largest absolute Gasteiger partial charge is 0.492 e. The Labute approximate surface area is 76.3 Å². The molecule has 2 rings (SSSR count). The number of ether oxygens (including phenoxy) is 1. The standard InChI is InChI=1S/C9H11NOS/c1-2-11-7-4-3-5-8-9(7)10-6-12-8/h3-5,10H,2,6H2,1H3. The van der Waals surface area contributed by atoms with Crippen LogP contribution in [0.25, 0.3) is 0 Å². The molecule has 0 aliphatic carbocycles. The van der Waals surface area contributed by atoms with Gasteiger partial charge in [0.2, 0.25) is 0 Å². The van der Waals surface area contributed by atoms with Crippen molar-refractivity contribution in [2.45, 2.75) is 11.8 Å². The molecule has 1 N–H and O–H groups in total. The molecule has 0 radical (unpaired) electrons. The van der Waals surface area contributed by atoms with Crippen molar-refractivity contribution in [3.8, 4) is 5.75 Å². The van der Waals surface area contributed by atoms with E-state index in [-0.39, 0.29) is 0 Å². The molecule has 3 heteroatoms. The van der Waals surface area contributed by atoms with E-state index in [1.807, 2.05) is 30.8 Å². The van der Waals surface area contributed by atoms with Crippen LogP contribution in [0.4, 0.5) is 5.69 Å². The van der Waals surface area contributed by atoms with Gasteiger partial charge < -0.3 is 10.1 Å². The van der Waals surface area contributed by atoms with Crippen LogP contribution >= 0.6 is 11.8 Å². The number of thioether (sulfide) groups is 1. The maximum absolute atomic E-state index is 5.47. The summed E-state index contributed by atoms with van der Waals surface area (Å²) in [4.78, 5) is 1.29. The number of para-hydroxylation sites is 1. The minimum Gasteiger partial charge on any atom is -0.492 e. The summed E-state index contributed by atoms with van der Waals surface area (Å²) >= 11 is 1.82. The Bertz CT molecular complexity index is 288. The summed E-state index contributed by atoms with van der Waals surface area (Å²) in [5, 5.41) is 3.29. The van der Waals surface area contributed by atoms with Crippen LogP contribution in [0, 0.1) is 0 Å². The molecule has 0 fully saturated rings. The van der Waals surface area contributed by atoms with Gasteiger partial charge >= 0.3 is 0 Å². The molecule has 1 aliphatic rings. The third-order valence-electron chi connectivity index (χ3n) is 1.76. The lowest BCUT2D eigenvalue weighted by molar-refractivity contribution is 0.341. The first-order valence-electron chi connectivity index (χ1n) is 4.04. The Morgan fingerprint density at radius 1 is 1.58 bits per heavy atom. The average molecular weight is 181 g/mol. The SMILES string of the molecule is CCOc1cccc2c1NCS2. The van der Waals surface area contributed by atoms with Crippen molar-refractivity contribution in [3.05, 3.63) is 18.2 Å². The average Bonchev–Trinajstić information content (AvgIpc) is 2.53. The zero-order valence-electron chi connectivity index (χ0n) is 6.96. The Kier molecular flexibility index (Phi) is 2.13. The second-order valence-corrected chi connectivity index (χ2v) is 3.54. The monoisotopic (exact) mass is 181 g/mol. The second-order valence-electron chi connectivity index (χ2n) is 2.53. The molecule has 1 aliphatic heterocycles. The molecule has 64 valence electrons. The molecule has 1 aromatic carbocycles. The van der Waals surface area contributed by atoms with Crippen LogP contribution in [-0.4, -0.2) is 12.5 Å². The van der Waals surface area contributed by atoms with E-state index < -0.39 is 0 Å².